The van der Waals surface area contributed by atoms with Crippen LogP contribution in [0.15, 0.2) is 23.9 Å². The fourth-order valence-corrected chi connectivity index (χ4v) is 1.37. The molecule has 0 aromatic rings. The Bertz CT molecular complexity index is 256. The van der Waals surface area contributed by atoms with Crippen LogP contribution < -0.4 is 5.32 Å². The van der Waals surface area contributed by atoms with Crippen LogP contribution in [0.5, 0.6) is 0 Å². The average Bonchev–Trinajstić information content (AvgIpc) is 2.26. The molecule has 78 valence electrons. The minimum atomic E-state index is -0.289. The van der Waals surface area contributed by atoms with Gasteiger partial charge in [0.05, 0.1) is 12.7 Å². The molecule has 0 radical (unpaired) electrons. The molecule has 0 aromatic carbocycles. The topological polar surface area (TPSA) is 38.3 Å². The minimum Gasteiger partial charge on any atom is -0.465 e. The van der Waals surface area contributed by atoms with Gasteiger partial charge in [-0.15, -0.1) is 0 Å². The van der Waals surface area contributed by atoms with Crippen molar-refractivity contribution in [1.82, 2.24) is 5.32 Å². The zero-order valence-corrected chi connectivity index (χ0v) is 8.75. The number of ether oxygens (including phenoxy) is 1. The molecule has 3 nitrogen and oxygen atoms in total. The van der Waals surface area contributed by atoms with E-state index in [2.05, 4.69) is 17.0 Å². The fourth-order valence-electron chi connectivity index (χ4n) is 1.37. The molecule has 3 heteroatoms. The van der Waals surface area contributed by atoms with Crippen molar-refractivity contribution in [2.75, 3.05) is 7.11 Å². The van der Waals surface area contributed by atoms with Crippen LogP contribution in [0.3, 0.4) is 0 Å². The molecule has 0 saturated carbocycles. The van der Waals surface area contributed by atoms with Crippen molar-refractivity contribution in [3.05, 3.63) is 23.9 Å². The van der Waals surface area contributed by atoms with Gasteiger partial charge in [0.15, 0.2) is 0 Å². The summed E-state index contributed by atoms with van der Waals surface area (Å²) in [5.41, 5.74) is 0.584. The van der Waals surface area contributed by atoms with Gasteiger partial charge in [-0.1, -0.05) is 25.8 Å². The maximum atomic E-state index is 11.1. The second-order valence-corrected chi connectivity index (χ2v) is 3.37. The first kappa shape index (κ1) is 10.8. The number of carbonyl (C=O) groups is 1. The van der Waals surface area contributed by atoms with Crippen molar-refractivity contribution in [3.8, 4) is 0 Å². The number of dihydropyridines is 1. The minimum absolute atomic E-state index is 0.289. The molecule has 0 spiro atoms. The zero-order chi connectivity index (χ0) is 10.4. The lowest BCUT2D eigenvalue weighted by Gasteiger charge is -2.17. The van der Waals surface area contributed by atoms with Crippen LogP contribution in [-0.2, 0) is 9.53 Å². The normalized spacial score (nSPS) is 19.9. The SMILES string of the molecule is CCCCC1C=CC(C(=O)OC)=CN1. The Morgan fingerprint density at radius 2 is 2.43 bits per heavy atom. The van der Waals surface area contributed by atoms with E-state index in [9.17, 15) is 4.79 Å². The number of nitrogens with one attached hydrogen (secondary N) is 1. The molecule has 1 aliphatic rings. The molecule has 1 heterocycles. The quantitative estimate of drug-likeness (QED) is 0.695. The van der Waals surface area contributed by atoms with Gasteiger partial charge in [0, 0.05) is 12.2 Å². The van der Waals surface area contributed by atoms with Gasteiger partial charge in [0.1, 0.15) is 0 Å². The summed E-state index contributed by atoms with van der Waals surface area (Å²) in [6, 6.07) is 0.364. The zero-order valence-electron chi connectivity index (χ0n) is 8.75. The summed E-state index contributed by atoms with van der Waals surface area (Å²) < 4.78 is 4.61. The summed E-state index contributed by atoms with van der Waals surface area (Å²) in [7, 11) is 1.39. The molecule has 0 aromatic heterocycles. The molecular weight excluding hydrogens is 178 g/mol. The first-order chi connectivity index (χ1) is 6.77. The highest BCUT2D eigenvalue weighted by Gasteiger charge is 2.12. The Morgan fingerprint density at radius 3 is 2.93 bits per heavy atom. The second kappa shape index (κ2) is 5.47. The monoisotopic (exact) mass is 195 g/mol. The summed E-state index contributed by atoms with van der Waals surface area (Å²) in [5.74, 6) is -0.289. The lowest BCUT2D eigenvalue weighted by molar-refractivity contribution is -0.135. The second-order valence-electron chi connectivity index (χ2n) is 3.37. The number of rotatable bonds is 4. The number of carbonyl (C=O) groups excluding carboxylic acids is 1. The predicted octanol–water partition coefficient (Wildman–Crippen LogP) is 1.76. The maximum absolute atomic E-state index is 11.1. The Balaban J connectivity index is 2.41. The molecule has 0 bridgehead atoms. The van der Waals surface area contributed by atoms with Gasteiger partial charge < -0.3 is 10.1 Å². The van der Waals surface area contributed by atoms with Crippen LogP contribution >= 0.6 is 0 Å². The Labute approximate surface area is 84.8 Å². The van der Waals surface area contributed by atoms with Crippen molar-refractivity contribution in [2.45, 2.75) is 32.2 Å². The molecule has 1 N–H and O–H groups in total. The van der Waals surface area contributed by atoms with Crippen molar-refractivity contribution < 1.29 is 9.53 Å². The number of esters is 1. The standard InChI is InChI=1S/C11H17NO2/c1-3-4-5-10-7-6-9(8-12-10)11(13)14-2/h6-8,10,12H,3-5H2,1-2H3. The Hall–Kier alpha value is -1.25. The van der Waals surface area contributed by atoms with E-state index in [1.807, 2.05) is 12.2 Å². The van der Waals surface area contributed by atoms with E-state index in [4.69, 9.17) is 0 Å². The lowest BCUT2D eigenvalue weighted by atomic mass is 10.1. The third-order valence-electron chi connectivity index (χ3n) is 2.25. The van der Waals surface area contributed by atoms with E-state index in [1.165, 1.54) is 20.0 Å². The van der Waals surface area contributed by atoms with Gasteiger partial charge in [-0.3, -0.25) is 0 Å². The fraction of sp³-hybridized carbons (Fsp3) is 0.545. The van der Waals surface area contributed by atoms with Gasteiger partial charge in [-0.05, 0) is 12.5 Å². The van der Waals surface area contributed by atoms with Gasteiger partial charge in [0.25, 0.3) is 0 Å². The molecule has 1 unspecified atom stereocenters. The van der Waals surface area contributed by atoms with E-state index in [1.54, 1.807) is 6.20 Å². The third-order valence-corrected chi connectivity index (χ3v) is 2.25. The number of unbranched alkanes of at least 4 members (excludes halogenated alkanes) is 1. The van der Waals surface area contributed by atoms with Crippen LogP contribution in [0.4, 0.5) is 0 Å². The highest BCUT2D eigenvalue weighted by molar-refractivity contribution is 5.91. The van der Waals surface area contributed by atoms with Crippen LogP contribution in [0.2, 0.25) is 0 Å². The van der Waals surface area contributed by atoms with Crippen molar-refractivity contribution in [1.29, 1.82) is 0 Å². The Morgan fingerprint density at radius 1 is 1.64 bits per heavy atom. The first-order valence-electron chi connectivity index (χ1n) is 5.00. The van der Waals surface area contributed by atoms with E-state index in [0.29, 0.717) is 11.6 Å². The maximum Gasteiger partial charge on any atom is 0.339 e. The van der Waals surface area contributed by atoms with Crippen LogP contribution in [0.25, 0.3) is 0 Å². The van der Waals surface area contributed by atoms with Crippen molar-refractivity contribution >= 4 is 5.97 Å². The molecular formula is C11H17NO2. The van der Waals surface area contributed by atoms with Gasteiger partial charge in [-0.2, -0.15) is 0 Å². The molecule has 1 rings (SSSR count). The largest absolute Gasteiger partial charge is 0.465 e. The number of methoxy groups -OCH3 is 1. The Kier molecular flexibility index (Phi) is 4.23. The van der Waals surface area contributed by atoms with Gasteiger partial charge in [0.2, 0.25) is 0 Å². The van der Waals surface area contributed by atoms with Crippen LogP contribution in [-0.4, -0.2) is 19.1 Å². The molecule has 1 aliphatic heterocycles. The summed E-state index contributed by atoms with van der Waals surface area (Å²) in [5, 5.41) is 3.17. The lowest BCUT2D eigenvalue weighted by Crippen LogP contribution is -2.26. The molecule has 0 fully saturated rings. The summed E-state index contributed by atoms with van der Waals surface area (Å²) in [4.78, 5) is 11.1. The highest BCUT2D eigenvalue weighted by atomic mass is 16.5. The molecule has 0 saturated heterocycles. The van der Waals surface area contributed by atoms with Crippen LogP contribution in [0, 0.1) is 0 Å². The van der Waals surface area contributed by atoms with Crippen LogP contribution in [0.1, 0.15) is 26.2 Å². The van der Waals surface area contributed by atoms with E-state index < -0.39 is 0 Å². The summed E-state index contributed by atoms with van der Waals surface area (Å²) in [6.45, 7) is 2.17. The molecule has 0 amide bonds. The van der Waals surface area contributed by atoms with Crippen molar-refractivity contribution in [2.24, 2.45) is 0 Å². The van der Waals surface area contributed by atoms with Crippen molar-refractivity contribution in [3.63, 3.8) is 0 Å². The first-order valence-corrected chi connectivity index (χ1v) is 5.00. The summed E-state index contributed by atoms with van der Waals surface area (Å²) >= 11 is 0. The average molecular weight is 195 g/mol. The number of hydrogen-bond donors (Lipinski definition) is 1. The summed E-state index contributed by atoms with van der Waals surface area (Å²) in [6.07, 6.45) is 9.07. The van der Waals surface area contributed by atoms with E-state index in [0.717, 1.165) is 6.42 Å². The van der Waals surface area contributed by atoms with Gasteiger partial charge in [-0.25, -0.2) is 4.79 Å². The third kappa shape index (κ3) is 2.91. The molecule has 1 atom stereocenters. The highest BCUT2D eigenvalue weighted by Crippen LogP contribution is 2.10. The van der Waals surface area contributed by atoms with Gasteiger partial charge >= 0.3 is 5.97 Å². The van der Waals surface area contributed by atoms with E-state index in [-0.39, 0.29) is 5.97 Å². The smallest absolute Gasteiger partial charge is 0.339 e. The predicted molar refractivity (Wildman–Crippen MR) is 55.7 cm³/mol. The van der Waals surface area contributed by atoms with E-state index >= 15 is 0 Å². The molecule has 0 aliphatic carbocycles. The number of hydrogen-bond acceptors (Lipinski definition) is 3. The molecule has 14 heavy (non-hydrogen) atoms.